The molecule has 6 aromatic rings. The summed E-state index contributed by atoms with van der Waals surface area (Å²) in [5.41, 5.74) is 9.69. The van der Waals surface area contributed by atoms with Gasteiger partial charge in [-0.1, -0.05) is 121 Å². The van der Waals surface area contributed by atoms with Crippen LogP contribution in [0.25, 0.3) is 11.1 Å². The molecular weight excluding hydrogens is 484 g/mol. The molecule has 0 aliphatic carbocycles. The van der Waals surface area contributed by atoms with E-state index in [2.05, 4.69) is 180 Å². The molecule has 0 fully saturated rings. The Hall–Kier alpha value is -5.08. The normalized spacial score (nSPS) is 10.7. The van der Waals surface area contributed by atoms with Crippen LogP contribution in [0.1, 0.15) is 11.1 Å². The molecular formula is C38H32N2. The fraction of sp³-hybridized carbons (Fsp3) is 0.0526. The Morgan fingerprint density at radius 2 is 0.550 bits per heavy atom. The van der Waals surface area contributed by atoms with Gasteiger partial charge in [-0.2, -0.15) is 0 Å². The molecule has 2 heteroatoms. The second kappa shape index (κ2) is 12.2. The lowest BCUT2D eigenvalue weighted by Gasteiger charge is -2.26. The van der Waals surface area contributed by atoms with Crippen LogP contribution in [0.4, 0.5) is 22.7 Å². The summed E-state index contributed by atoms with van der Waals surface area (Å²) in [6, 6.07) is 60.3. The average molecular weight is 517 g/mol. The van der Waals surface area contributed by atoms with Gasteiger partial charge in [0, 0.05) is 35.8 Å². The largest absolute Gasteiger partial charge is 0.337 e. The maximum Gasteiger partial charge on any atom is 0.0481 e. The molecule has 40 heavy (non-hydrogen) atoms. The Morgan fingerprint density at radius 3 is 0.875 bits per heavy atom. The highest BCUT2D eigenvalue weighted by atomic mass is 15.1. The van der Waals surface area contributed by atoms with E-state index in [1.54, 1.807) is 0 Å². The van der Waals surface area contributed by atoms with E-state index in [-0.39, 0.29) is 0 Å². The van der Waals surface area contributed by atoms with Crippen molar-refractivity contribution in [2.24, 2.45) is 0 Å². The van der Waals surface area contributed by atoms with Crippen molar-refractivity contribution in [3.63, 3.8) is 0 Å². The van der Waals surface area contributed by atoms with Crippen LogP contribution in [0.15, 0.2) is 170 Å². The number of hydrogen-bond donors (Lipinski definition) is 0. The van der Waals surface area contributed by atoms with Crippen molar-refractivity contribution in [2.75, 3.05) is 9.80 Å². The third-order valence-corrected chi connectivity index (χ3v) is 7.19. The minimum Gasteiger partial charge on any atom is -0.337 e. The minimum absolute atomic E-state index is 0.815. The summed E-state index contributed by atoms with van der Waals surface area (Å²) in [5, 5.41) is 0. The van der Waals surface area contributed by atoms with Gasteiger partial charge in [0.25, 0.3) is 0 Å². The first-order valence-corrected chi connectivity index (χ1v) is 13.8. The molecule has 194 valence electrons. The molecule has 0 unspecified atom stereocenters. The van der Waals surface area contributed by atoms with Gasteiger partial charge in [-0.15, -0.1) is 0 Å². The fourth-order valence-corrected chi connectivity index (χ4v) is 5.08. The van der Waals surface area contributed by atoms with Crippen molar-refractivity contribution in [3.05, 3.63) is 181 Å². The van der Waals surface area contributed by atoms with Crippen LogP contribution in [0, 0.1) is 0 Å². The Bertz CT molecular complexity index is 1470. The highest BCUT2D eigenvalue weighted by molar-refractivity contribution is 5.73. The molecule has 6 aromatic carbocycles. The summed E-state index contributed by atoms with van der Waals surface area (Å²) in [6.45, 7) is 1.63. The zero-order valence-electron chi connectivity index (χ0n) is 22.5. The molecule has 0 heterocycles. The van der Waals surface area contributed by atoms with E-state index in [4.69, 9.17) is 0 Å². The molecule has 0 aromatic heterocycles. The molecule has 0 aliphatic rings. The molecule has 0 radical (unpaired) electrons. The summed E-state index contributed by atoms with van der Waals surface area (Å²) < 4.78 is 0. The van der Waals surface area contributed by atoms with Crippen molar-refractivity contribution in [1.29, 1.82) is 0 Å². The lowest BCUT2D eigenvalue weighted by molar-refractivity contribution is 0.975. The van der Waals surface area contributed by atoms with Crippen LogP contribution in [0.2, 0.25) is 0 Å². The van der Waals surface area contributed by atoms with E-state index in [1.807, 2.05) is 0 Å². The monoisotopic (exact) mass is 516 g/mol. The van der Waals surface area contributed by atoms with Crippen LogP contribution in [-0.2, 0) is 13.1 Å². The number of rotatable bonds is 9. The van der Waals surface area contributed by atoms with Crippen molar-refractivity contribution in [1.82, 2.24) is 0 Å². The zero-order valence-corrected chi connectivity index (χ0v) is 22.5. The Labute approximate surface area is 237 Å². The topological polar surface area (TPSA) is 6.48 Å². The van der Waals surface area contributed by atoms with E-state index in [0.717, 1.165) is 13.1 Å². The highest BCUT2D eigenvalue weighted by Gasteiger charge is 2.12. The number of hydrogen-bond acceptors (Lipinski definition) is 2. The first-order valence-electron chi connectivity index (χ1n) is 13.8. The summed E-state index contributed by atoms with van der Waals surface area (Å²) in [4.78, 5) is 4.73. The van der Waals surface area contributed by atoms with E-state index in [9.17, 15) is 0 Å². The zero-order chi connectivity index (χ0) is 27.0. The summed E-state index contributed by atoms with van der Waals surface area (Å²) >= 11 is 0. The van der Waals surface area contributed by atoms with Crippen LogP contribution in [0.3, 0.4) is 0 Å². The van der Waals surface area contributed by atoms with Crippen LogP contribution in [-0.4, -0.2) is 0 Å². The summed E-state index contributed by atoms with van der Waals surface area (Å²) in [7, 11) is 0. The van der Waals surface area contributed by atoms with Crippen molar-refractivity contribution < 1.29 is 0 Å². The molecule has 0 saturated heterocycles. The molecule has 0 atom stereocenters. The third kappa shape index (κ3) is 5.98. The van der Waals surface area contributed by atoms with Gasteiger partial charge in [0.2, 0.25) is 0 Å². The van der Waals surface area contributed by atoms with Crippen LogP contribution >= 0.6 is 0 Å². The van der Waals surface area contributed by atoms with Gasteiger partial charge in [0.15, 0.2) is 0 Å². The predicted octanol–water partition coefficient (Wildman–Crippen LogP) is 10.0. The number of anilines is 4. The second-order valence-electron chi connectivity index (χ2n) is 9.91. The van der Waals surface area contributed by atoms with E-state index in [0.29, 0.717) is 0 Å². The lowest BCUT2D eigenvalue weighted by atomic mass is 10.0. The first kappa shape index (κ1) is 25.2. The fourth-order valence-electron chi connectivity index (χ4n) is 5.08. The Morgan fingerprint density at radius 1 is 0.275 bits per heavy atom. The molecule has 6 rings (SSSR count). The van der Waals surface area contributed by atoms with Gasteiger partial charge in [-0.25, -0.2) is 0 Å². The Kier molecular flexibility index (Phi) is 7.68. The quantitative estimate of drug-likeness (QED) is 0.189. The van der Waals surface area contributed by atoms with Crippen molar-refractivity contribution >= 4 is 22.7 Å². The second-order valence-corrected chi connectivity index (χ2v) is 9.91. The molecule has 0 bridgehead atoms. The molecule has 0 amide bonds. The smallest absolute Gasteiger partial charge is 0.0481 e. The standard InChI is InChI=1S/C38H32N2/c1-5-13-31(14-6-1)29-39(35-17-9-3-10-18-35)37-25-21-33(22-26-37)34-23-27-38(28-24-34)40(36-19-11-4-12-20-36)30-32-15-7-2-8-16-32/h1-28H,29-30H2. The third-order valence-electron chi connectivity index (χ3n) is 7.19. The van der Waals surface area contributed by atoms with E-state index >= 15 is 0 Å². The maximum atomic E-state index is 2.36. The number of nitrogens with zero attached hydrogens (tertiary/aromatic N) is 2. The van der Waals surface area contributed by atoms with Gasteiger partial charge in [-0.3, -0.25) is 0 Å². The molecule has 0 saturated carbocycles. The van der Waals surface area contributed by atoms with Crippen molar-refractivity contribution in [2.45, 2.75) is 13.1 Å². The van der Waals surface area contributed by atoms with Gasteiger partial charge >= 0.3 is 0 Å². The van der Waals surface area contributed by atoms with E-state index < -0.39 is 0 Å². The van der Waals surface area contributed by atoms with E-state index in [1.165, 1.54) is 45.0 Å². The molecule has 0 aliphatic heterocycles. The lowest BCUT2D eigenvalue weighted by Crippen LogP contribution is -2.16. The van der Waals surface area contributed by atoms with Crippen molar-refractivity contribution in [3.8, 4) is 11.1 Å². The summed E-state index contributed by atoms with van der Waals surface area (Å²) in [6.07, 6.45) is 0. The number of benzene rings is 6. The van der Waals surface area contributed by atoms with Gasteiger partial charge in [0.05, 0.1) is 0 Å². The SMILES string of the molecule is c1ccc(CN(c2ccccc2)c2ccc(-c3ccc(N(Cc4ccccc4)c4ccccc4)cc3)cc2)cc1. The number of para-hydroxylation sites is 2. The van der Waals surface area contributed by atoms with Crippen LogP contribution in [0.5, 0.6) is 0 Å². The minimum atomic E-state index is 0.815. The first-order chi connectivity index (χ1) is 19.8. The average Bonchev–Trinajstić information content (AvgIpc) is 3.05. The molecule has 0 N–H and O–H groups in total. The van der Waals surface area contributed by atoms with Gasteiger partial charge in [-0.05, 0) is 70.8 Å². The predicted molar refractivity (Wildman–Crippen MR) is 169 cm³/mol. The molecule has 0 spiro atoms. The van der Waals surface area contributed by atoms with Gasteiger partial charge < -0.3 is 9.80 Å². The summed E-state index contributed by atoms with van der Waals surface area (Å²) in [5.74, 6) is 0. The van der Waals surface area contributed by atoms with Gasteiger partial charge in [0.1, 0.15) is 0 Å². The maximum absolute atomic E-state index is 2.36. The van der Waals surface area contributed by atoms with Crippen LogP contribution < -0.4 is 9.80 Å². The molecule has 2 nitrogen and oxygen atoms in total. The highest BCUT2D eigenvalue weighted by Crippen LogP contribution is 2.32. The Balaban J connectivity index is 1.26.